The lowest BCUT2D eigenvalue weighted by Crippen LogP contribution is -2.32. The fourth-order valence-corrected chi connectivity index (χ4v) is 3.59. The molecule has 2 heterocycles. The van der Waals surface area contributed by atoms with E-state index in [9.17, 15) is 9.90 Å². The number of fused-ring (bicyclic) bond motifs is 1. The highest BCUT2D eigenvalue weighted by Crippen LogP contribution is 2.27. The molecule has 134 valence electrons. The van der Waals surface area contributed by atoms with E-state index in [0.717, 1.165) is 47.9 Å². The zero-order valence-corrected chi connectivity index (χ0v) is 14.5. The van der Waals surface area contributed by atoms with Gasteiger partial charge in [-0.1, -0.05) is 12.1 Å². The molecule has 1 saturated carbocycles. The molecule has 0 aliphatic heterocycles. The van der Waals surface area contributed by atoms with Crippen LogP contribution in [0.3, 0.4) is 0 Å². The zero-order chi connectivity index (χ0) is 17.9. The first kappa shape index (κ1) is 16.8. The summed E-state index contributed by atoms with van der Waals surface area (Å²) < 4.78 is 5.42. The molecular weight excluding hydrogens is 328 g/mol. The summed E-state index contributed by atoms with van der Waals surface area (Å²) in [5.41, 5.74) is 3.25. The van der Waals surface area contributed by atoms with Gasteiger partial charge in [0, 0.05) is 29.3 Å². The minimum atomic E-state index is -0.164. The lowest BCUT2D eigenvalue weighted by Gasteiger charge is -2.25. The number of aliphatic hydroxyl groups is 1. The number of aromatic nitrogens is 1. The number of benzene rings is 1. The predicted octanol–water partition coefficient (Wildman–Crippen LogP) is 3.78. The fraction of sp³-hybridized carbons (Fsp3) is 0.333. The second-order valence-corrected chi connectivity index (χ2v) is 6.95. The van der Waals surface area contributed by atoms with Crippen molar-refractivity contribution in [1.29, 1.82) is 0 Å². The summed E-state index contributed by atoms with van der Waals surface area (Å²) in [7, 11) is 0. The lowest BCUT2D eigenvalue weighted by atomic mass is 9.87. The van der Waals surface area contributed by atoms with Crippen LogP contribution in [0.4, 0.5) is 0 Å². The third kappa shape index (κ3) is 3.48. The summed E-state index contributed by atoms with van der Waals surface area (Å²) in [6.07, 6.45) is 6.83. The number of hydrogen-bond donors (Lipinski definition) is 2. The Morgan fingerprint density at radius 1 is 1.12 bits per heavy atom. The highest BCUT2D eigenvalue weighted by atomic mass is 16.3. The Hall–Kier alpha value is -2.66. The average molecular weight is 350 g/mol. The van der Waals surface area contributed by atoms with E-state index in [1.165, 1.54) is 0 Å². The van der Waals surface area contributed by atoms with Crippen LogP contribution in [0.2, 0.25) is 0 Å². The second-order valence-electron chi connectivity index (χ2n) is 6.95. The van der Waals surface area contributed by atoms with Gasteiger partial charge < -0.3 is 14.8 Å². The Morgan fingerprint density at radius 3 is 2.65 bits per heavy atom. The molecule has 2 N–H and O–H groups in total. The summed E-state index contributed by atoms with van der Waals surface area (Å²) in [6.45, 7) is 0.670. The van der Waals surface area contributed by atoms with Gasteiger partial charge in [-0.3, -0.25) is 9.78 Å². The van der Waals surface area contributed by atoms with E-state index in [1.807, 2.05) is 36.4 Å². The smallest absolute Gasteiger partial charge is 0.251 e. The topological polar surface area (TPSA) is 75.4 Å². The Bertz CT molecular complexity index is 893. The minimum absolute atomic E-state index is 0.0582. The maximum atomic E-state index is 12.4. The van der Waals surface area contributed by atoms with Crippen LogP contribution in [-0.4, -0.2) is 28.6 Å². The van der Waals surface area contributed by atoms with Crippen molar-refractivity contribution in [2.45, 2.75) is 31.8 Å². The molecule has 1 fully saturated rings. The molecule has 2 aromatic heterocycles. The fourth-order valence-electron chi connectivity index (χ4n) is 3.59. The summed E-state index contributed by atoms with van der Waals surface area (Å²) in [5.74, 6) is 0.404. The van der Waals surface area contributed by atoms with Crippen molar-refractivity contribution in [2.24, 2.45) is 5.92 Å². The molecule has 1 aromatic carbocycles. The monoisotopic (exact) mass is 350 g/mol. The van der Waals surface area contributed by atoms with Gasteiger partial charge >= 0.3 is 0 Å². The van der Waals surface area contributed by atoms with Crippen LogP contribution in [0.5, 0.6) is 0 Å². The molecule has 1 aliphatic carbocycles. The molecule has 3 aromatic rings. The van der Waals surface area contributed by atoms with Crippen LogP contribution in [0, 0.1) is 5.92 Å². The first-order valence-electron chi connectivity index (χ1n) is 9.09. The molecule has 0 spiro atoms. The van der Waals surface area contributed by atoms with Gasteiger partial charge in [0.15, 0.2) is 0 Å². The number of amides is 1. The third-order valence-corrected chi connectivity index (χ3v) is 5.17. The van der Waals surface area contributed by atoms with Gasteiger partial charge in [-0.25, -0.2) is 0 Å². The Labute approximate surface area is 152 Å². The number of rotatable bonds is 4. The lowest BCUT2D eigenvalue weighted by molar-refractivity contribution is 0.0910. The predicted molar refractivity (Wildman–Crippen MR) is 99.7 cm³/mol. The molecule has 4 rings (SSSR count). The molecule has 5 heteroatoms. The number of nitrogens with zero attached hydrogens (tertiary/aromatic N) is 1. The summed E-state index contributed by atoms with van der Waals surface area (Å²) in [5, 5.41) is 13.5. The Balaban J connectivity index is 1.42. The molecule has 0 unspecified atom stereocenters. The second kappa shape index (κ2) is 7.30. The van der Waals surface area contributed by atoms with Crippen molar-refractivity contribution in [2.75, 3.05) is 6.54 Å². The molecule has 5 nitrogen and oxygen atoms in total. The first-order chi connectivity index (χ1) is 12.7. The highest BCUT2D eigenvalue weighted by Gasteiger charge is 2.20. The van der Waals surface area contributed by atoms with E-state index in [-0.39, 0.29) is 12.0 Å². The first-order valence-corrected chi connectivity index (χ1v) is 9.09. The van der Waals surface area contributed by atoms with Crippen molar-refractivity contribution in [1.82, 2.24) is 10.3 Å². The number of hydrogen-bond acceptors (Lipinski definition) is 4. The van der Waals surface area contributed by atoms with Gasteiger partial charge in [0.2, 0.25) is 0 Å². The summed E-state index contributed by atoms with van der Waals surface area (Å²) in [6, 6.07) is 11.2. The number of furan rings is 1. The summed E-state index contributed by atoms with van der Waals surface area (Å²) >= 11 is 0. The SMILES string of the molecule is O=C(NC[C@H]1CC[C@@H](O)CC1)c1ccc(-c2nccc3occc23)cc1. The quantitative estimate of drug-likeness (QED) is 0.751. The molecule has 26 heavy (non-hydrogen) atoms. The van der Waals surface area contributed by atoms with Gasteiger partial charge in [-0.15, -0.1) is 0 Å². The third-order valence-electron chi connectivity index (χ3n) is 5.17. The van der Waals surface area contributed by atoms with Crippen LogP contribution in [0.15, 0.2) is 53.3 Å². The molecule has 0 radical (unpaired) electrons. The summed E-state index contributed by atoms with van der Waals surface area (Å²) in [4.78, 5) is 16.8. The number of carbonyl (C=O) groups excluding carboxylic acids is 1. The van der Waals surface area contributed by atoms with Crippen LogP contribution < -0.4 is 5.32 Å². The van der Waals surface area contributed by atoms with Gasteiger partial charge in [-0.05, 0) is 55.9 Å². The van der Waals surface area contributed by atoms with Crippen LogP contribution in [0.25, 0.3) is 22.2 Å². The number of nitrogens with one attached hydrogen (secondary N) is 1. The van der Waals surface area contributed by atoms with E-state index in [1.54, 1.807) is 12.5 Å². The van der Waals surface area contributed by atoms with Gasteiger partial charge in [0.1, 0.15) is 5.58 Å². The van der Waals surface area contributed by atoms with E-state index in [4.69, 9.17) is 4.42 Å². The number of pyridine rings is 1. The normalized spacial score (nSPS) is 20.2. The van der Waals surface area contributed by atoms with E-state index < -0.39 is 0 Å². The van der Waals surface area contributed by atoms with Gasteiger partial charge in [0.05, 0.1) is 18.1 Å². The number of carbonyl (C=O) groups is 1. The van der Waals surface area contributed by atoms with Crippen LogP contribution in [0.1, 0.15) is 36.0 Å². The Morgan fingerprint density at radius 2 is 1.88 bits per heavy atom. The molecule has 0 saturated heterocycles. The standard InChI is InChI=1S/C21H22N2O3/c24-17-7-1-14(2-8-17)13-23-21(25)16-5-3-15(4-6-16)20-18-10-12-26-19(18)9-11-22-20/h3-6,9-12,14,17,24H,1-2,7-8,13H2,(H,23,25)/t14-,17+. The van der Waals surface area contributed by atoms with Crippen LogP contribution >= 0.6 is 0 Å². The Kier molecular flexibility index (Phi) is 4.71. The average Bonchev–Trinajstić information content (AvgIpc) is 3.16. The van der Waals surface area contributed by atoms with Crippen molar-refractivity contribution in [3.63, 3.8) is 0 Å². The van der Waals surface area contributed by atoms with Crippen molar-refractivity contribution in [3.05, 3.63) is 54.4 Å². The minimum Gasteiger partial charge on any atom is -0.464 e. The molecule has 1 amide bonds. The van der Waals surface area contributed by atoms with Crippen LogP contribution in [-0.2, 0) is 0 Å². The zero-order valence-electron chi connectivity index (χ0n) is 14.5. The van der Waals surface area contributed by atoms with E-state index in [2.05, 4.69) is 10.3 Å². The van der Waals surface area contributed by atoms with E-state index in [0.29, 0.717) is 18.0 Å². The molecule has 0 atom stereocenters. The van der Waals surface area contributed by atoms with Crippen molar-refractivity contribution in [3.8, 4) is 11.3 Å². The maximum Gasteiger partial charge on any atom is 0.251 e. The van der Waals surface area contributed by atoms with Gasteiger partial charge in [-0.2, -0.15) is 0 Å². The van der Waals surface area contributed by atoms with Crippen molar-refractivity contribution < 1.29 is 14.3 Å². The largest absolute Gasteiger partial charge is 0.464 e. The molecule has 0 bridgehead atoms. The maximum absolute atomic E-state index is 12.4. The molecule has 1 aliphatic rings. The van der Waals surface area contributed by atoms with Gasteiger partial charge in [0.25, 0.3) is 5.91 Å². The number of aliphatic hydroxyl groups excluding tert-OH is 1. The highest BCUT2D eigenvalue weighted by molar-refractivity contribution is 5.96. The van der Waals surface area contributed by atoms with E-state index >= 15 is 0 Å². The van der Waals surface area contributed by atoms with Crippen molar-refractivity contribution >= 4 is 16.9 Å². The molecular formula is C21H22N2O3.